The van der Waals surface area contributed by atoms with Gasteiger partial charge < -0.3 is 5.32 Å². The second-order valence-corrected chi connectivity index (χ2v) is 4.29. The molecule has 0 bridgehead atoms. The average molecular weight is 155 g/mol. The van der Waals surface area contributed by atoms with E-state index in [0.717, 1.165) is 12.0 Å². The summed E-state index contributed by atoms with van der Waals surface area (Å²) in [5, 5.41) is 3.61. The molecule has 66 valence electrons. The Morgan fingerprint density at radius 3 is 2.55 bits per heavy atom. The smallest absolute Gasteiger partial charge is 0.00719 e. The van der Waals surface area contributed by atoms with Gasteiger partial charge in [-0.1, -0.05) is 33.6 Å². The molecule has 11 heavy (non-hydrogen) atoms. The molecule has 0 heterocycles. The molecule has 1 aliphatic carbocycles. The molecular weight excluding hydrogens is 134 g/mol. The molecule has 1 heteroatoms. The van der Waals surface area contributed by atoms with Crippen LogP contribution in [0.5, 0.6) is 0 Å². The third-order valence-electron chi connectivity index (χ3n) is 2.51. The summed E-state index contributed by atoms with van der Waals surface area (Å²) in [6, 6.07) is 1.46. The minimum Gasteiger partial charge on any atom is -0.312 e. The largest absolute Gasteiger partial charge is 0.312 e. The zero-order valence-electron chi connectivity index (χ0n) is 8.06. The van der Waals surface area contributed by atoms with E-state index >= 15 is 0 Å². The molecule has 0 radical (unpaired) electrons. The lowest BCUT2D eigenvalue weighted by Gasteiger charge is -2.29. The molecular formula is C10H21N. The molecule has 0 aliphatic heterocycles. The summed E-state index contributed by atoms with van der Waals surface area (Å²) >= 11 is 0. The Morgan fingerprint density at radius 1 is 1.27 bits per heavy atom. The van der Waals surface area contributed by atoms with Crippen molar-refractivity contribution in [3.05, 3.63) is 0 Å². The Balaban J connectivity index is 2.23. The highest BCUT2D eigenvalue weighted by molar-refractivity contribution is 4.76. The molecule has 1 nitrogen and oxygen atoms in total. The zero-order chi connectivity index (χ0) is 8.27. The third kappa shape index (κ3) is 3.24. The van der Waals surface area contributed by atoms with E-state index in [1.165, 1.54) is 25.7 Å². The standard InChI is InChI=1S/C10H21N/c1-8(2)11-10-6-4-5-9(3)7-10/h8-11H,4-7H2,1-3H3/t9-,10+/m0/s1. The normalized spacial score (nSPS) is 32.7. The lowest BCUT2D eigenvalue weighted by Crippen LogP contribution is -2.37. The minimum atomic E-state index is 0.658. The summed E-state index contributed by atoms with van der Waals surface area (Å²) in [5.74, 6) is 0.944. The fraction of sp³-hybridized carbons (Fsp3) is 1.00. The number of nitrogens with one attached hydrogen (secondary N) is 1. The van der Waals surface area contributed by atoms with E-state index < -0.39 is 0 Å². The van der Waals surface area contributed by atoms with Gasteiger partial charge in [0.1, 0.15) is 0 Å². The third-order valence-corrected chi connectivity index (χ3v) is 2.51. The van der Waals surface area contributed by atoms with Crippen molar-refractivity contribution in [2.75, 3.05) is 0 Å². The van der Waals surface area contributed by atoms with Crippen LogP contribution < -0.4 is 5.32 Å². The molecule has 0 aromatic rings. The average Bonchev–Trinajstić information content (AvgIpc) is 1.85. The van der Waals surface area contributed by atoms with Gasteiger partial charge in [-0.3, -0.25) is 0 Å². The predicted octanol–water partition coefficient (Wildman–Crippen LogP) is 2.56. The van der Waals surface area contributed by atoms with Gasteiger partial charge in [-0.25, -0.2) is 0 Å². The number of rotatable bonds is 2. The van der Waals surface area contributed by atoms with E-state index in [1.807, 2.05) is 0 Å². The van der Waals surface area contributed by atoms with Gasteiger partial charge in [-0.2, -0.15) is 0 Å². The van der Waals surface area contributed by atoms with E-state index in [-0.39, 0.29) is 0 Å². The first kappa shape index (κ1) is 9.05. The molecule has 0 saturated heterocycles. The monoisotopic (exact) mass is 155 g/mol. The van der Waals surface area contributed by atoms with Crippen LogP contribution in [0.25, 0.3) is 0 Å². The van der Waals surface area contributed by atoms with Gasteiger partial charge in [0.15, 0.2) is 0 Å². The van der Waals surface area contributed by atoms with Crippen LogP contribution in [0.3, 0.4) is 0 Å². The first-order chi connectivity index (χ1) is 5.18. The van der Waals surface area contributed by atoms with Crippen molar-refractivity contribution in [2.24, 2.45) is 5.92 Å². The van der Waals surface area contributed by atoms with Crippen molar-refractivity contribution in [3.63, 3.8) is 0 Å². The molecule has 1 N–H and O–H groups in total. The maximum absolute atomic E-state index is 3.61. The van der Waals surface area contributed by atoms with Crippen LogP contribution in [0.1, 0.15) is 46.5 Å². The molecule has 0 aromatic carbocycles. The lowest BCUT2D eigenvalue weighted by molar-refractivity contribution is 0.289. The van der Waals surface area contributed by atoms with Crippen LogP contribution in [0.2, 0.25) is 0 Å². The molecule has 0 aromatic heterocycles. The minimum absolute atomic E-state index is 0.658. The summed E-state index contributed by atoms with van der Waals surface area (Å²) in [5.41, 5.74) is 0. The van der Waals surface area contributed by atoms with Gasteiger partial charge in [-0.15, -0.1) is 0 Å². The highest BCUT2D eigenvalue weighted by Gasteiger charge is 2.18. The SMILES string of the molecule is CC(C)N[C@@H]1CCC[C@H](C)C1. The summed E-state index contributed by atoms with van der Waals surface area (Å²) in [4.78, 5) is 0. The summed E-state index contributed by atoms with van der Waals surface area (Å²) in [6.45, 7) is 6.84. The van der Waals surface area contributed by atoms with Crippen molar-refractivity contribution in [1.82, 2.24) is 5.32 Å². The second kappa shape index (κ2) is 4.10. The van der Waals surface area contributed by atoms with Gasteiger partial charge in [0.05, 0.1) is 0 Å². The van der Waals surface area contributed by atoms with Gasteiger partial charge in [-0.05, 0) is 18.8 Å². The maximum Gasteiger partial charge on any atom is 0.00719 e. The molecule has 0 amide bonds. The van der Waals surface area contributed by atoms with E-state index in [2.05, 4.69) is 26.1 Å². The highest BCUT2D eigenvalue weighted by atomic mass is 14.9. The van der Waals surface area contributed by atoms with Crippen molar-refractivity contribution < 1.29 is 0 Å². The van der Waals surface area contributed by atoms with E-state index in [1.54, 1.807) is 0 Å². The number of hydrogen-bond acceptors (Lipinski definition) is 1. The Kier molecular flexibility index (Phi) is 3.38. The summed E-state index contributed by atoms with van der Waals surface area (Å²) in [7, 11) is 0. The molecule has 1 saturated carbocycles. The van der Waals surface area contributed by atoms with Crippen LogP contribution in [-0.4, -0.2) is 12.1 Å². The highest BCUT2D eigenvalue weighted by Crippen LogP contribution is 2.23. The Labute approximate surface area is 70.6 Å². The first-order valence-corrected chi connectivity index (χ1v) is 4.94. The van der Waals surface area contributed by atoms with Gasteiger partial charge in [0, 0.05) is 12.1 Å². The van der Waals surface area contributed by atoms with Crippen LogP contribution in [0, 0.1) is 5.92 Å². The van der Waals surface area contributed by atoms with Crippen molar-refractivity contribution in [1.29, 1.82) is 0 Å². The van der Waals surface area contributed by atoms with Gasteiger partial charge in [0.25, 0.3) is 0 Å². The van der Waals surface area contributed by atoms with Crippen molar-refractivity contribution in [3.8, 4) is 0 Å². The Morgan fingerprint density at radius 2 is 2.00 bits per heavy atom. The van der Waals surface area contributed by atoms with Crippen molar-refractivity contribution in [2.45, 2.75) is 58.5 Å². The fourth-order valence-corrected chi connectivity index (χ4v) is 2.06. The molecule has 1 rings (SSSR count). The first-order valence-electron chi connectivity index (χ1n) is 4.94. The second-order valence-electron chi connectivity index (χ2n) is 4.29. The lowest BCUT2D eigenvalue weighted by atomic mass is 9.87. The Hall–Kier alpha value is -0.0400. The maximum atomic E-state index is 3.61. The van der Waals surface area contributed by atoms with E-state index in [9.17, 15) is 0 Å². The van der Waals surface area contributed by atoms with Crippen molar-refractivity contribution >= 4 is 0 Å². The van der Waals surface area contributed by atoms with Crippen LogP contribution in [0.15, 0.2) is 0 Å². The topological polar surface area (TPSA) is 12.0 Å². The molecule has 1 aliphatic rings. The summed E-state index contributed by atoms with van der Waals surface area (Å²) < 4.78 is 0. The number of hydrogen-bond donors (Lipinski definition) is 1. The predicted molar refractivity (Wildman–Crippen MR) is 49.7 cm³/mol. The van der Waals surface area contributed by atoms with E-state index in [4.69, 9.17) is 0 Å². The molecule has 0 unspecified atom stereocenters. The van der Waals surface area contributed by atoms with Crippen LogP contribution in [0.4, 0.5) is 0 Å². The Bertz CT molecular complexity index is 107. The quantitative estimate of drug-likeness (QED) is 0.646. The van der Waals surface area contributed by atoms with Gasteiger partial charge >= 0.3 is 0 Å². The molecule has 0 spiro atoms. The summed E-state index contributed by atoms with van der Waals surface area (Å²) in [6.07, 6.45) is 5.64. The van der Waals surface area contributed by atoms with Gasteiger partial charge in [0.2, 0.25) is 0 Å². The molecule has 2 atom stereocenters. The van der Waals surface area contributed by atoms with Crippen LogP contribution in [-0.2, 0) is 0 Å². The molecule has 1 fully saturated rings. The fourth-order valence-electron chi connectivity index (χ4n) is 2.06. The van der Waals surface area contributed by atoms with Crippen LogP contribution >= 0.6 is 0 Å². The van der Waals surface area contributed by atoms with E-state index in [0.29, 0.717) is 6.04 Å². The zero-order valence-corrected chi connectivity index (χ0v) is 8.06.